The lowest BCUT2D eigenvalue weighted by molar-refractivity contribution is -0.125. The summed E-state index contributed by atoms with van der Waals surface area (Å²) in [5, 5.41) is 5.54. The number of rotatable bonds is 4. The van der Waals surface area contributed by atoms with Gasteiger partial charge < -0.3 is 21.1 Å². The fourth-order valence-corrected chi connectivity index (χ4v) is 1.99. The average molecular weight is 263 g/mol. The van der Waals surface area contributed by atoms with Crippen LogP contribution >= 0.6 is 0 Å². The molecular formula is C13H17N3O3. The van der Waals surface area contributed by atoms with E-state index in [-0.39, 0.29) is 18.4 Å². The lowest BCUT2D eigenvalue weighted by Crippen LogP contribution is -2.35. The van der Waals surface area contributed by atoms with Crippen molar-refractivity contribution in [2.45, 2.75) is 18.9 Å². The molecule has 1 unspecified atom stereocenters. The molecule has 6 heteroatoms. The molecule has 0 saturated heterocycles. The molecule has 0 aliphatic carbocycles. The van der Waals surface area contributed by atoms with Crippen molar-refractivity contribution in [1.82, 2.24) is 0 Å². The van der Waals surface area contributed by atoms with Crippen molar-refractivity contribution in [2.24, 2.45) is 5.73 Å². The van der Waals surface area contributed by atoms with Crippen molar-refractivity contribution < 1.29 is 14.3 Å². The van der Waals surface area contributed by atoms with Crippen LogP contribution in [0, 0.1) is 0 Å². The van der Waals surface area contributed by atoms with Crippen molar-refractivity contribution >= 4 is 23.2 Å². The van der Waals surface area contributed by atoms with Gasteiger partial charge in [-0.15, -0.1) is 0 Å². The number of nitrogens with two attached hydrogens (primary N) is 1. The van der Waals surface area contributed by atoms with E-state index in [1.165, 1.54) is 7.11 Å². The van der Waals surface area contributed by atoms with Gasteiger partial charge in [-0.25, -0.2) is 0 Å². The Morgan fingerprint density at radius 1 is 1.53 bits per heavy atom. The van der Waals surface area contributed by atoms with Gasteiger partial charge >= 0.3 is 0 Å². The average Bonchev–Trinajstić information content (AvgIpc) is 2.40. The molecule has 0 bridgehead atoms. The van der Waals surface area contributed by atoms with Crippen molar-refractivity contribution in [1.29, 1.82) is 0 Å². The summed E-state index contributed by atoms with van der Waals surface area (Å²) in [7, 11) is 1.44. The standard InChI is InChI=1S/C13H17N3O3/c1-19-11(7-14)13(18)15-9-3-4-10-8(6-9)2-5-12(17)16-10/h3-4,6,11H,2,5,7,14H2,1H3,(H,15,18)(H,16,17). The highest BCUT2D eigenvalue weighted by Crippen LogP contribution is 2.25. The third kappa shape index (κ3) is 3.10. The van der Waals surface area contributed by atoms with Crippen LogP contribution in [-0.2, 0) is 20.7 Å². The zero-order valence-corrected chi connectivity index (χ0v) is 10.7. The van der Waals surface area contributed by atoms with E-state index in [1.54, 1.807) is 12.1 Å². The Morgan fingerprint density at radius 3 is 3.00 bits per heavy atom. The van der Waals surface area contributed by atoms with Gasteiger partial charge in [-0.1, -0.05) is 0 Å². The van der Waals surface area contributed by atoms with E-state index >= 15 is 0 Å². The Balaban J connectivity index is 2.10. The number of anilines is 2. The Morgan fingerprint density at radius 2 is 2.32 bits per heavy atom. The van der Waals surface area contributed by atoms with Gasteiger partial charge in [0.25, 0.3) is 5.91 Å². The molecule has 1 atom stereocenters. The van der Waals surface area contributed by atoms with Gasteiger partial charge in [-0.05, 0) is 30.2 Å². The summed E-state index contributed by atoms with van der Waals surface area (Å²) in [6.07, 6.45) is 0.486. The van der Waals surface area contributed by atoms with E-state index in [4.69, 9.17) is 10.5 Å². The molecule has 1 aliphatic rings. The van der Waals surface area contributed by atoms with Gasteiger partial charge in [-0.3, -0.25) is 9.59 Å². The summed E-state index contributed by atoms with van der Waals surface area (Å²) in [5.41, 5.74) is 7.92. The molecule has 0 spiro atoms. The number of methoxy groups -OCH3 is 1. The largest absolute Gasteiger partial charge is 0.370 e. The molecule has 2 rings (SSSR count). The number of aryl methyl sites for hydroxylation is 1. The Labute approximate surface area is 111 Å². The zero-order valence-electron chi connectivity index (χ0n) is 10.7. The molecule has 4 N–H and O–H groups in total. The van der Waals surface area contributed by atoms with Crippen LogP contribution in [0.15, 0.2) is 18.2 Å². The lowest BCUT2D eigenvalue weighted by Gasteiger charge is -2.18. The van der Waals surface area contributed by atoms with Crippen molar-refractivity contribution in [2.75, 3.05) is 24.3 Å². The maximum Gasteiger partial charge on any atom is 0.254 e. The highest BCUT2D eigenvalue weighted by Gasteiger charge is 2.18. The molecule has 19 heavy (non-hydrogen) atoms. The molecule has 102 valence electrons. The van der Waals surface area contributed by atoms with Crippen LogP contribution in [0.25, 0.3) is 0 Å². The Bertz CT molecular complexity index is 498. The molecule has 1 aromatic rings. The van der Waals surface area contributed by atoms with Crippen LogP contribution in [0.1, 0.15) is 12.0 Å². The molecule has 2 amide bonds. The van der Waals surface area contributed by atoms with Crippen LogP contribution < -0.4 is 16.4 Å². The van der Waals surface area contributed by atoms with Gasteiger partial charge in [0.05, 0.1) is 0 Å². The Kier molecular flexibility index (Phi) is 4.13. The number of hydrogen-bond acceptors (Lipinski definition) is 4. The number of ether oxygens (including phenoxy) is 1. The topological polar surface area (TPSA) is 93.4 Å². The maximum atomic E-state index is 11.8. The van der Waals surface area contributed by atoms with E-state index in [1.807, 2.05) is 6.07 Å². The number of carbonyl (C=O) groups is 2. The highest BCUT2D eigenvalue weighted by atomic mass is 16.5. The first-order valence-corrected chi connectivity index (χ1v) is 6.10. The predicted octanol–water partition coefficient (Wildman–Crippen LogP) is 0.483. The van der Waals surface area contributed by atoms with Crippen LogP contribution in [-0.4, -0.2) is 31.6 Å². The zero-order chi connectivity index (χ0) is 13.8. The van der Waals surface area contributed by atoms with E-state index in [0.29, 0.717) is 18.5 Å². The maximum absolute atomic E-state index is 11.8. The third-order valence-corrected chi connectivity index (χ3v) is 3.06. The number of benzene rings is 1. The minimum Gasteiger partial charge on any atom is -0.370 e. The van der Waals surface area contributed by atoms with E-state index < -0.39 is 6.10 Å². The monoisotopic (exact) mass is 263 g/mol. The van der Waals surface area contributed by atoms with Crippen molar-refractivity contribution in [3.63, 3.8) is 0 Å². The minimum atomic E-state index is -0.657. The second-order valence-corrected chi connectivity index (χ2v) is 4.37. The molecule has 0 saturated carbocycles. The smallest absolute Gasteiger partial charge is 0.254 e. The number of fused-ring (bicyclic) bond motifs is 1. The predicted molar refractivity (Wildman–Crippen MR) is 71.9 cm³/mol. The van der Waals surface area contributed by atoms with Gasteiger partial charge in [0.15, 0.2) is 0 Å². The first kappa shape index (κ1) is 13.5. The lowest BCUT2D eigenvalue weighted by atomic mass is 10.0. The molecule has 1 heterocycles. The summed E-state index contributed by atoms with van der Waals surface area (Å²) in [6, 6.07) is 5.38. The van der Waals surface area contributed by atoms with Gasteiger partial charge in [0.2, 0.25) is 5.91 Å². The fourth-order valence-electron chi connectivity index (χ4n) is 1.99. The summed E-state index contributed by atoms with van der Waals surface area (Å²) in [5.74, 6) is -0.253. The number of hydrogen-bond donors (Lipinski definition) is 3. The molecular weight excluding hydrogens is 246 g/mol. The minimum absolute atomic E-state index is 0.0202. The van der Waals surface area contributed by atoms with Gasteiger partial charge in [0, 0.05) is 31.5 Å². The normalized spacial score (nSPS) is 15.4. The molecule has 1 aromatic carbocycles. The highest BCUT2D eigenvalue weighted by molar-refractivity contribution is 5.97. The van der Waals surface area contributed by atoms with Gasteiger partial charge in [-0.2, -0.15) is 0 Å². The molecule has 0 radical (unpaired) electrons. The Hall–Kier alpha value is -1.92. The molecule has 6 nitrogen and oxygen atoms in total. The van der Waals surface area contributed by atoms with Crippen LogP contribution in [0.3, 0.4) is 0 Å². The van der Waals surface area contributed by atoms with Gasteiger partial charge in [0.1, 0.15) is 6.10 Å². The van der Waals surface area contributed by atoms with E-state index in [2.05, 4.69) is 10.6 Å². The van der Waals surface area contributed by atoms with Crippen LogP contribution in [0.5, 0.6) is 0 Å². The molecule has 0 fully saturated rings. The summed E-state index contributed by atoms with van der Waals surface area (Å²) >= 11 is 0. The summed E-state index contributed by atoms with van der Waals surface area (Å²) in [4.78, 5) is 23.1. The second-order valence-electron chi connectivity index (χ2n) is 4.37. The number of nitrogens with one attached hydrogen (secondary N) is 2. The second kappa shape index (κ2) is 5.81. The molecule has 1 aliphatic heterocycles. The summed E-state index contributed by atoms with van der Waals surface area (Å²) < 4.78 is 4.97. The first-order chi connectivity index (χ1) is 9.13. The number of amides is 2. The quantitative estimate of drug-likeness (QED) is 0.736. The van der Waals surface area contributed by atoms with E-state index in [9.17, 15) is 9.59 Å². The van der Waals surface area contributed by atoms with Crippen LogP contribution in [0.2, 0.25) is 0 Å². The summed E-state index contributed by atoms with van der Waals surface area (Å²) in [6.45, 7) is 0.128. The third-order valence-electron chi connectivity index (χ3n) is 3.06. The number of carbonyl (C=O) groups excluding carboxylic acids is 2. The molecule has 0 aromatic heterocycles. The van der Waals surface area contributed by atoms with Crippen molar-refractivity contribution in [3.8, 4) is 0 Å². The van der Waals surface area contributed by atoms with E-state index in [0.717, 1.165) is 11.3 Å². The van der Waals surface area contributed by atoms with Crippen molar-refractivity contribution in [3.05, 3.63) is 23.8 Å². The van der Waals surface area contributed by atoms with Crippen LogP contribution in [0.4, 0.5) is 11.4 Å². The SMILES string of the molecule is COC(CN)C(=O)Nc1ccc2c(c1)CCC(=O)N2. The first-order valence-electron chi connectivity index (χ1n) is 6.10. The fraction of sp³-hybridized carbons (Fsp3) is 0.385.